The molecule has 1 N–H and O–H groups in total. The van der Waals surface area contributed by atoms with Crippen molar-refractivity contribution in [2.75, 3.05) is 5.32 Å². The lowest BCUT2D eigenvalue weighted by molar-refractivity contribution is 0.139. The van der Waals surface area contributed by atoms with Crippen molar-refractivity contribution >= 4 is 45.8 Å². The number of ether oxygens (including phenoxy) is 1. The molecule has 2 unspecified atom stereocenters. The predicted octanol–water partition coefficient (Wildman–Crippen LogP) is 4.33. The fourth-order valence-electron chi connectivity index (χ4n) is 1.92. The summed E-state index contributed by atoms with van der Waals surface area (Å²) in [7, 11) is 0. The molecule has 2 aromatic rings. The van der Waals surface area contributed by atoms with Crippen molar-refractivity contribution in [2.45, 2.75) is 16.9 Å². The number of hydrogen-bond donors (Lipinski definition) is 1. The van der Waals surface area contributed by atoms with Gasteiger partial charge in [0.15, 0.2) is 0 Å². The predicted molar refractivity (Wildman–Crippen MR) is 76.9 cm³/mol. The van der Waals surface area contributed by atoms with Gasteiger partial charge in [0.25, 0.3) is 0 Å². The minimum atomic E-state index is -1.05. The topological polar surface area (TPSA) is 38.3 Å². The number of fused-ring (bicyclic) bond motifs is 1. The number of alkyl halides is 2. The van der Waals surface area contributed by atoms with E-state index in [0.29, 0.717) is 12.1 Å². The zero-order chi connectivity index (χ0) is 13.5. The van der Waals surface area contributed by atoms with E-state index in [2.05, 4.69) is 5.32 Å². The van der Waals surface area contributed by atoms with Crippen LogP contribution in [0.2, 0.25) is 0 Å². The van der Waals surface area contributed by atoms with Crippen molar-refractivity contribution in [2.24, 2.45) is 0 Å². The molecule has 5 heteroatoms. The van der Waals surface area contributed by atoms with Crippen molar-refractivity contribution in [3.8, 4) is 0 Å². The van der Waals surface area contributed by atoms with Crippen molar-refractivity contribution in [1.29, 1.82) is 0 Å². The summed E-state index contributed by atoms with van der Waals surface area (Å²) in [5.74, 6) is 0. The van der Waals surface area contributed by atoms with E-state index >= 15 is 0 Å². The molecular formula is C14H11Cl2NO2. The van der Waals surface area contributed by atoms with Gasteiger partial charge in [-0.05, 0) is 11.5 Å². The van der Waals surface area contributed by atoms with Crippen LogP contribution in [0.5, 0.6) is 0 Å². The lowest BCUT2D eigenvalue weighted by Gasteiger charge is -2.12. The zero-order valence-electron chi connectivity index (χ0n) is 9.90. The van der Waals surface area contributed by atoms with Gasteiger partial charge in [0.05, 0.1) is 11.1 Å². The van der Waals surface area contributed by atoms with Gasteiger partial charge in [-0.25, -0.2) is 4.79 Å². The quantitative estimate of drug-likeness (QED) is 0.837. The van der Waals surface area contributed by atoms with Gasteiger partial charge in [0, 0.05) is 11.8 Å². The molecule has 19 heavy (non-hydrogen) atoms. The molecule has 1 fully saturated rings. The van der Waals surface area contributed by atoms with Gasteiger partial charge >= 0.3 is 6.09 Å². The molecule has 0 aromatic heterocycles. The summed E-state index contributed by atoms with van der Waals surface area (Å²) in [6.45, 7) is 0. The van der Waals surface area contributed by atoms with E-state index in [1.165, 1.54) is 0 Å². The monoisotopic (exact) mass is 295 g/mol. The van der Waals surface area contributed by atoms with E-state index in [1.54, 1.807) is 0 Å². The largest absolute Gasteiger partial charge is 0.425 e. The molecule has 0 heterocycles. The maximum atomic E-state index is 11.8. The van der Waals surface area contributed by atoms with Crippen molar-refractivity contribution in [3.63, 3.8) is 0 Å². The molecular weight excluding hydrogens is 285 g/mol. The van der Waals surface area contributed by atoms with Crippen molar-refractivity contribution < 1.29 is 9.53 Å². The van der Waals surface area contributed by atoms with Gasteiger partial charge in [0.1, 0.15) is 0 Å². The van der Waals surface area contributed by atoms with Crippen molar-refractivity contribution in [1.82, 2.24) is 0 Å². The summed E-state index contributed by atoms with van der Waals surface area (Å²) >= 11 is 11.8. The Morgan fingerprint density at radius 2 is 1.95 bits per heavy atom. The van der Waals surface area contributed by atoms with E-state index < -0.39 is 11.2 Å². The highest BCUT2D eigenvalue weighted by Crippen LogP contribution is 2.48. The molecule has 2 aromatic carbocycles. The van der Waals surface area contributed by atoms with E-state index in [0.717, 1.165) is 10.8 Å². The normalized spacial score (nSPS) is 25.1. The maximum absolute atomic E-state index is 11.8. The average Bonchev–Trinajstić information content (AvgIpc) is 2.96. The Balaban J connectivity index is 1.80. The molecule has 1 amide bonds. The van der Waals surface area contributed by atoms with Gasteiger partial charge in [0.2, 0.25) is 5.06 Å². The Bertz CT molecular complexity index is 641. The van der Waals surface area contributed by atoms with Crippen LogP contribution in [-0.4, -0.2) is 16.5 Å². The van der Waals surface area contributed by atoms with Crippen LogP contribution in [0.4, 0.5) is 10.5 Å². The Morgan fingerprint density at radius 3 is 2.68 bits per heavy atom. The maximum Gasteiger partial charge on any atom is 0.413 e. The molecule has 1 aliphatic carbocycles. The van der Waals surface area contributed by atoms with Crippen LogP contribution in [0.3, 0.4) is 0 Å². The van der Waals surface area contributed by atoms with Crippen LogP contribution < -0.4 is 5.32 Å². The summed E-state index contributed by atoms with van der Waals surface area (Å²) in [6.07, 6.45) is -0.117. The zero-order valence-corrected chi connectivity index (χ0v) is 11.4. The first kappa shape index (κ1) is 12.6. The van der Waals surface area contributed by atoms with Crippen molar-refractivity contribution in [3.05, 3.63) is 42.5 Å². The number of benzene rings is 2. The Morgan fingerprint density at radius 1 is 1.26 bits per heavy atom. The van der Waals surface area contributed by atoms with E-state index in [1.807, 2.05) is 42.5 Å². The summed E-state index contributed by atoms with van der Waals surface area (Å²) < 4.78 is 5.10. The van der Waals surface area contributed by atoms with Crippen LogP contribution in [0, 0.1) is 0 Å². The van der Waals surface area contributed by atoms with Crippen LogP contribution in [0.25, 0.3) is 10.8 Å². The van der Waals surface area contributed by atoms with E-state index in [-0.39, 0.29) is 5.38 Å². The first-order valence-electron chi connectivity index (χ1n) is 5.89. The number of halogens is 2. The average molecular weight is 296 g/mol. The van der Waals surface area contributed by atoms with Gasteiger partial charge < -0.3 is 4.74 Å². The third-order valence-corrected chi connectivity index (χ3v) is 4.17. The first-order chi connectivity index (χ1) is 9.08. The number of carbonyl (C=O) groups excluding carboxylic acids is 1. The fraction of sp³-hybridized carbons (Fsp3) is 0.214. The van der Waals surface area contributed by atoms with Gasteiger partial charge in [-0.15, -0.1) is 11.6 Å². The SMILES string of the molecule is O=C(Nc1cccc2ccccc12)OC1(Cl)CC1Cl. The summed E-state index contributed by atoms with van der Waals surface area (Å²) in [5.41, 5.74) is 0.690. The third-order valence-electron chi connectivity index (χ3n) is 3.05. The molecule has 0 radical (unpaired) electrons. The molecule has 1 aliphatic rings. The molecule has 0 bridgehead atoms. The highest BCUT2D eigenvalue weighted by atomic mass is 35.5. The number of rotatable bonds is 2. The molecule has 3 nitrogen and oxygen atoms in total. The fourth-order valence-corrected chi connectivity index (χ4v) is 2.49. The van der Waals surface area contributed by atoms with Crippen LogP contribution >= 0.6 is 23.2 Å². The smallest absolute Gasteiger partial charge is 0.413 e. The highest BCUT2D eigenvalue weighted by Gasteiger charge is 2.56. The number of amides is 1. The number of hydrogen-bond acceptors (Lipinski definition) is 2. The Hall–Kier alpha value is -1.45. The second-order valence-electron chi connectivity index (χ2n) is 4.50. The molecule has 1 saturated carbocycles. The molecule has 0 aliphatic heterocycles. The van der Waals surface area contributed by atoms with E-state index in [4.69, 9.17) is 27.9 Å². The standard InChI is InChI=1S/C14H11Cl2NO2/c15-12-8-14(12,16)19-13(18)17-11-7-3-5-9-4-1-2-6-10(9)11/h1-7,12H,8H2,(H,17,18). The lowest BCUT2D eigenvalue weighted by atomic mass is 10.1. The van der Waals surface area contributed by atoms with E-state index in [9.17, 15) is 4.79 Å². The Labute approximate surface area is 120 Å². The van der Waals surface area contributed by atoms with Gasteiger partial charge in [-0.3, -0.25) is 5.32 Å². The van der Waals surface area contributed by atoms with Crippen LogP contribution in [0.1, 0.15) is 6.42 Å². The van der Waals surface area contributed by atoms with Gasteiger partial charge in [-0.2, -0.15) is 0 Å². The molecule has 2 atom stereocenters. The molecule has 98 valence electrons. The summed E-state index contributed by atoms with van der Waals surface area (Å²) in [6, 6.07) is 13.4. The number of carbonyl (C=O) groups is 1. The van der Waals surface area contributed by atoms with Crippen LogP contribution in [-0.2, 0) is 4.74 Å². The Kier molecular flexibility index (Phi) is 3.03. The van der Waals surface area contributed by atoms with Gasteiger partial charge in [-0.1, -0.05) is 48.0 Å². The molecule has 3 rings (SSSR count). The molecule has 0 spiro atoms. The minimum absolute atomic E-state index is 0.313. The second-order valence-corrected chi connectivity index (χ2v) is 5.67. The third kappa shape index (κ3) is 2.48. The summed E-state index contributed by atoms with van der Waals surface area (Å²) in [4.78, 5) is 11.8. The minimum Gasteiger partial charge on any atom is -0.425 e. The first-order valence-corrected chi connectivity index (χ1v) is 6.71. The number of nitrogens with one attached hydrogen (secondary N) is 1. The second kappa shape index (κ2) is 4.58. The molecule has 0 saturated heterocycles. The highest BCUT2D eigenvalue weighted by molar-refractivity contribution is 6.36. The van der Waals surface area contributed by atoms with Crippen LogP contribution in [0.15, 0.2) is 42.5 Å². The lowest BCUT2D eigenvalue weighted by Crippen LogP contribution is -2.21. The summed E-state index contributed by atoms with van der Waals surface area (Å²) in [5, 5.41) is 3.33. The number of anilines is 1.